The van der Waals surface area contributed by atoms with Crippen LogP contribution >= 0.6 is 0 Å². The van der Waals surface area contributed by atoms with Crippen molar-refractivity contribution in [3.8, 4) is 0 Å². The fourth-order valence-electron chi connectivity index (χ4n) is 0.426. The van der Waals surface area contributed by atoms with Crippen molar-refractivity contribution < 1.29 is 13.7 Å². The first-order chi connectivity index (χ1) is 8.59. The first-order valence-corrected chi connectivity index (χ1v) is 11.1. The molecule has 0 amide bonds. The van der Waals surface area contributed by atoms with E-state index < -0.39 is 33.5 Å². The van der Waals surface area contributed by atoms with Gasteiger partial charge < -0.3 is 13.7 Å². The summed E-state index contributed by atoms with van der Waals surface area (Å²) in [6.07, 6.45) is 13.4. The Balaban J connectivity index is -0.000000189. The van der Waals surface area contributed by atoms with Crippen molar-refractivity contribution in [3.05, 3.63) is 30.1 Å². The van der Waals surface area contributed by atoms with Gasteiger partial charge in [-0.15, -0.1) is 0 Å². The van der Waals surface area contributed by atoms with Crippen LogP contribution in [0.1, 0.15) is 5.56 Å². The minimum atomic E-state index is -0.611. The van der Waals surface area contributed by atoms with Gasteiger partial charge in [0.25, 0.3) is 0 Å². The molecule has 0 atom stereocenters. The van der Waals surface area contributed by atoms with Crippen LogP contribution in [0.4, 0.5) is 0 Å². The quantitative estimate of drug-likeness (QED) is 0.674. The number of hydrogen-bond donors (Lipinski definition) is 0. The van der Waals surface area contributed by atoms with Crippen LogP contribution in [0.2, 0.25) is 0 Å². The Morgan fingerprint density at radius 3 is 1.05 bits per heavy atom. The summed E-state index contributed by atoms with van der Waals surface area (Å²) in [4.78, 5) is 3.85. The monoisotopic (exact) mass is 327 g/mol. The zero-order valence-corrected chi connectivity index (χ0v) is 15.2. The third-order valence-corrected chi connectivity index (χ3v) is 0.847. The van der Waals surface area contributed by atoms with Crippen molar-refractivity contribution in [2.45, 2.75) is 6.92 Å². The van der Waals surface area contributed by atoms with Crippen LogP contribution in [0.3, 0.4) is 0 Å². The van der Waals surface area contributed by atoms with Crippen LogP contribution in [0.25, 0.3) is 0 Å². The van der Waals surface area contributed by atoms with Gasteiger partial charge in [0.15, 0.2) is 0 Å². The summed E-state index contributed by atoms with van der Waals surface area (Å²) in [6, 6.07) is 3.94. The zero-order valence-electron chi connectivity index (χ0n) is 12.7. The summed E-state index contributed by atoms with van der Waals surface area (Å²) in [5.41, 5.74) is 1.26. The van der Waals surface area contributed by atoms with Gasteiger partial charge in [-0.25, -0.2) is 0 Å². The molecule has 1 heterocycles. The number of nitrogens with zero attached hydrogens (tertiary/aromatic N) is 1. The highest BCUT2D eigenvalue weighted by Crippen LogP contribution is 1.88. The topological polar surface area (TPSA) is 82.1 Å². The van der Waals surface area contributed by atoms with E-state index in [0.29, 0.717) is 0 Å². The number of aromatic nitrogens is 1. The second-order valence-electron chi connectivity index (χ2n) is 3.75. The SMILES string of the molecule is C[S+](C)[O-].C[S+](C)[O-].C[S+](C)[O-].Cc1ccncc1. The number of hydrogen-bond acceptors (Lipinski definition) is 4. The van der Waals surface area contributed by atoms with Crippen LogP contribution < -0.4 is 0 Å². The minimum Gasteiger partial charge on any atom is -0.617 e. The predicted octanol–water partition coefficient (Wildman–Crippen LogP) is 1.37. The molecule has 0 N–H and O–H groups in total. The van der Waals surface area contributed by atoms with Crippen LogP contribution in [0, 0.1) is 6.92 Å². The largest absolute Gasteiger partial charge is 0.617 e. The highest BCUT2D eigenvalue weighted by atomic mass is 32.2. The zero-order chi connectivity index (χ0) is 15.8. The molecule has 0 spiro atoms. The van der Waals surface area contributed by atoms with E-state index in [1.54, 1.807) is 49.9 Å². The Kier molecular flexibility index (Phi) is 23.0. The third kappa shape index (κ3) is 71.6. The molecule has 0 aliphatic rings. The highest BCUT2D eigenvalue weighted by molar-refractivity contribution is 7.90. The van der Waals surface area contributed by atoms with Crippen LogP contribution in [0.5, 0.6) is 0 Å². The molecule has 4 nitrogen and oxygen atoms in total. The molecular formula is C12H25NO3S3. The molecule has 7 heteroatoms. The molecule has 0 saturated heterocycles. The number of pyridine rings is 1. The molecule has 0 aliphatic heterocycles. The van der Waals surface area contributed by atoms with E-state index in [0.717, 1.165) is 0 Å². The lowest BCUT2D eigenvalue weighted by Crippen LogP contribution is -1.86. The van der Waals surface area contributed by atoms with Gasteiger partial charge in [-0.3, -0.25) is 4.98 Å². The summed E-state index contributed by atoms with van der Waals surface area (Å²) in [5, 5.41) is 0. The van der Waals surface area contributed by atoms with Gasteiger partial charge in [0.2, 0.25) is 0 Å². The van der Waals surface area contributed by atoms with Crippen molar-refractivity contribution in [1.82, 2.24) is 4.98 Å². The minimum absolute atomic E-state index is 0.611. The molecule has 0 radical (unpaired) electrons. The summed E-state index contributed by atoms with van der Waals surface area (Å²) < 4.78 is 28.7. The van der Waals surface area contributed by atoms with Gasteiger partial charge in [-0.2, -0.15) is 0 Å². The predicted molar refractivity (Wildman–Crippen MR) is 88.9 cm³/mol. The van der Waals surface area contributed by atoms with Gasteiger partial charge in [-0.05, 0) is 24.6 Å². The first-order valence-electron chi connectivity index (χ1n) is 5.21. The van der Waals surface area contributed by atoms with E-state index in [2.05, 4.69) is 4.98 Å². The summed E-state index contributed by atoms with van der Waals surface area (Å²) in [7, 11) is 0. The molecular weight excluding hydrogens is 302 g/mol. The maximum atomic E-state index is 9.56. The normalized spacial score (nSPS) is 8.89. The molecule has 1 aromatic rings. The Bertz CT molecular complexity index is 237. The van der Waals surface area contributed by atoms with E-state index >= 15 is 0 Å². The third-order valence-electron chi connectivity index (χ3n) is 0.847. The second-order valence-corrected chi connectivity index (χ2v) is 8.20. The highest BCUT2D eigenvalue weighted by Gasteiger charge is 1.73. The average molecular weight is 328 g/mol. The maximum absolute atomic E-state index is 9.56. The fourth-order valence-corrected chi connectivity index (χ4v) is 0.426. The maximum Gasteiger partial charge on any atom is 0.0946 e. The van der Waals surface area contributed by atoms with Gasteiger partial charge in [0.1, 0.15) is 0 Å². The molecule has 1 aromatic heterocycles. The molecule has 19 heavy (non-hydrogen) atoms. The molecule has 0 bridgehead atoms. The molecule has 0 aliphatic carbocycles. The Morgan fingerprint density at radius 1 is 0.737 bits per heavy atom. The van der Waals surface area contributed by atoms with E-state index in [1.165, 1.54) is 5.56 Å². The lowest BCUT2D eigenvalue weighted by Gasteiger charge is -1.87. The lowest BCUT2D eigenvalue weighted by atomic mass is 10.3. The molecule has 0 saturated carbocycles. The van der Waals surface area contributed by atoms with Crippen molar-refractivity contribution in [3.63, 3.8) is 0 Å². The lowest BCUT2D eigenvalue weighted by molar-refractivity contribution is 0.605. The number of aryl methyl sites for hydroxylation is 1. The average Bonchev–Trinajstić information content (AvgIpc) is 2.15. The first kappa shape index (κ1) is 24.1. The Hall–Kier alpha value is 0.0800. The number of rotatable bonds is 0. The van der Waals surface area contributed by atoms with Crippen molar-refractivity contribution in [1.29, 1.82) is 0 Å². The summed E-state index contributed by atoms with van der Waals surface area (Å²) in [5.74, 6) is 0. The summed E-state index contributed by atoms with van der Waals surface area (Å²) in [6.45, 7) is 2.04. The fraction of sp³-hybridized carbons (Fsp3) is 0.583. The van der Waals surface area contributed by atoms with Gasteiger partial charge in [0, 0.05) is 12.4 Å². The van der Waals surface area contributed by atoms with Crippen molar-refractivity contribution in [2.24, 2.45) is 0 Å². The van der Waals surface area contributed by atoms with Gasteiger partial charge in [0.05, 0.1) is 37.5 Å². The van der Waals surface area contributed by atoms with Crippen molar-refractivity contribution in [2.75, 3.05) is 37.5 Å². The summed E-state index contributed by atoms with van der Waals surface area (Å²) >= 11 is -1.83. The molecule has 1 rings (SSSR count). The molecule has 0 aromatic carbocycles. The Morgan fingerprint density at radius 2 is 0.947 bits per heavy atom. The Labute approximate surface area is 127 Å². The van der Waals surface area contributed by atoms with E-state index in [9.17, 15) is 13.7 Å². The molecule has 114 valence electrons. The smallest absolute Gasteiger partial charge is 0.0946 e. The van der Waals surface area contributed by atoms with Crippen LogP contribution in [0.15, 0.2) is 24.5 Å². The molecule has 0 unspecified atom stereocenters. The second kappa shape index (κ2) is 18.1. The van der Waals surface area contributed by atoms with E-state index in [4.69, 9.17) is 0 Å². The van der Waals surface area contributed by atoms with Crippen LogP contribution in [-0.2, 0) is 33.5 Å². The molecule has 0 fully saturated rings. The standard InChI is InChI=1S/C6H7N.3C2H6OS/c1-6-2-4-7-5-3-6;3*1-4(2)3/h2-5H,1H3;3*1-2H3. The van der Waals surface area contributed by atoms with Gasteiger partial charge in [-0.1, -0.05) is 33.5 Å². The van der Waals surface area contributed by atoms with E-state index in [1.807, 2.05) is 19.1 Å². The van der Waals surface area contributed by atoms with Gasteiger partial charge >= 0.3 is 0 Å². The van der Waals surface area contributed by atoms with Crippen LogP contribution in [-0.4, -0.2) is 56.2 Å². The van der Waals surface area contributed by atoms with Crippen molar-refractivity contribution >= 4 is 33.5 Å². The van der Waals surface area contributed by atoms with E-state index in [-0.39, 0.29) is 0 Å².